The molecule has 0 amide bonds. The molecule has 2 aliphatic heterocycles. The summed E-state index contributed by atoms with van der Waals surface area (Å²) >= 11 is 0. The van der Waals surface area contributed by atoms with E-state index in [1.165, 1.54) is 44.4 Å². The Morgan fingerprint density at radius 1 is 0.532 bits per heavy atom. The molecule has 0 saturated heterocycles. The zero-order chi connectivity index (χ0) is 31.3. The van der Waals surface area contributed by atoms with Crippen molar-refractivity contribution in [2.45, 2.75) is 11.1 Å². The van der Waals surface area contributed by atoms with Gasteiger partial charge >= 0.3 is 6.28 Å². The van der Waals surface area contributed by atoms with E-state index in [4.69, 9.17) is 4.98 Å². The standard InChI is InChI=1S/C44H33BN2/c1-6-19-33(20-7-1)40-41(34-21-8-2-9-22-34)44(36-25-12-4-13-26-36)38-29-18-31-46-43(38)39-30-16-17-32-47(39)45(44,37-27-14-5-15-28-37)42(40)35-23-10-3-11-24-35/h1-32,42H/t42-,44-,45?/m0/s1. The quantitative estimate of drug-likeness (QED) is 0.181. The molecule has 3 heteroatoms. The molecule has 47 heavy (non-hydrogen) atoms. The first kappa shape index (κ1) is 27.5. The lowest BCUT2D eigenvalue weighted by Gasteiger charge is -2.55. The summed E-state index contributed by atoms with van der Waals surface area (Å²) in [5.74, 6) is -0.0177. The average Bonchev–Trinajstić information content (AvgIpc) is 3.47. The number of aromatic nitrogens is 2. The molecular formula is C44H33BN2. The molecule has 0 spiro atoms. The van der Waals surface area contributed by atoms with Gasteiger partial charge in [0, 0.05) is 12.3 Å². The summed E-state index contributed by atoms with van der Waals surface area (Å²) < 4.78 is 2.63. The molecule has 2 aliphatic rings. The van der Waals surface area contributed by atoms with Crippen molar-refractivity contribution in [3.05, 3.63) is 222 Å². The topological polar surface area (TPSA) is 16.8 Å². The summed E-state index contributed by atoms with van der Waals surface area (Å²) in [6.07, 6.45) is 2.49. The molecule has 2 nitrogen and oxygen atoms in total. The van der Waals surface area contributed by atoms with E-state index in [9.17, 15) is 0 Å². The van der Waals surface area contributed by atoms with Crippen molar-refractivity contribution in [3.8, 4) is 11.4 Å². The van der Waals surface area contributed by atoms with Crippen LogP contribution >= 0.6 is 0 Å². The summed E-state index contributed by atoms with van der Waals surface area (Å²) in [6, 6.07) is 67.1. The van der Waals surface area contributed by atoms with Gasteiger partial charge in [-0.3, -0.25) is 0 Å². The van der Waals surface area contributed by atoms with Crippen LogP contribution in [-0.2, 0) is 5.31 Å². The molecule has 5 aromatic carbocycles. The third-order valence-electron chi connectivity index (χ3n) is 10.8. The monoisotopic (exact) mass is 600 g/mol. The smallest absolute Gasteiger partial charge is 0.335 e. The molecule has 0 radical (unpaired) electrons. The van der Waals surface area contributed by atoms with Gasteiger partial charge in [-0.15, -0.1) is 5.46 Å². The van der Waals surface area contributed by atoms with E-state index >= 15 is 0 Å². The molecule has 3 atom stereocenters. The Bertz CT molecular complexity index is 2240. The normalized spacial score (nSPS) is 21.1. The number of hydrogen-bond acceptors (Lipinski definition) is 1. The first-order valence-electron chi connectivity index (χ1n) is 16.5. The predicted octanol–water partition coefficient (Wildman–Crippen LogP) is 8.52. The second kappa shape index (κ2) is 10.9. The number of benzene rings is 5. The molecule has 9 rings (SSSR count). The summed E-state index contributed by atoms with van der Waals surface area (Å²) in [5.41, 5.74) is 12.5. The molecule has 222 valence electrons. The minimum Gasteiger partial charge on any atom is -0.413 e. The molecule has 0 bridgehead atoms. The van der Waals surface area contributed by atoms with Gasteiger partial charge < -0.3 is 4.48 Å². The Morgan fingerprint density at radius 3 is 1.79 bits per heavy atom. The van der Waals surface area contributed by atoms with E-state index in [2.05, 4.69) is 193 Å². The van der Waals surface area contributed by atoms with Gasteiger partial charge in [0.25, 0.3) is 0 Å². The first-order chi connectivity index (χ1) is 23.4. The largest absolute Gasteiger partial charge is 0.413 e. The predicted molar refractivity (Wildman–Crippen MR) is 193 cm³/mol. The van der Waals surface area contributed by atoms with Crippen molar-refractivity contribution in [3.63, 3.8) is 0 Å². The Hall–Kier alpha value is -5.80. The van der Waals surface area contributed by atoms with E-state index < -0.39 is 11.6 Å². The van der Waals surface area contributed by atoms with Crippen LogP contribution in [0.5, 0.6) is 0 Å². The van der Waals surface area contributed by atoms with Gasteiger partial charge in [-0.05, 0) is 40.0 Å². The van der Waals surface area contributed by atoms with E-state index in [1.54, 1.807) is 0 Å². The molecule has 0 N–H and O–H groups in total. The summed E-state index contributed by atoms with van der Waals surface area (Å²) in [7, 11) is 0. The third-order valence-corrected chi connectivity index (χ3v) is 10.8. The maximum Gasteiger partial charge on any atom is 0.335 e. The van der Waals surface area contributed by atoms with Gasteiger partial charge in [-0.2, -0.15) is 0 Å². The molecular weight excluding hydrogens is 567 g/mol. The van der Waals surface area contributed by atoms with Crippen molar-refractivity contribution in [1.82, 2.24) is 4.98 Å². The second-order valence-electron chi connectivity index (χ2n) is 12.8. The minimum atomic E-state index is -1.78. The highest BCUT2D eigenvalue weighted by Crippen LogP contribution is 2.66. The number of hydrogen-bond donors (Lipinski definition) is 0. The zero-order valence-electron chi connectivity index (χ0n) is 26.0. The lowest BCUT2D eigenvalue weighted by atomic mass is 9.11. The highest BCUT2D eigenvalue weighted by Gasteiger charge is 2.72. The van der Waals surface area contributed by atoms with E-state index in [-0.39, 0.29) is 5.82 Å². The minimum absolute atomic E-state index is 0.0177. The van der Waals surface area contributed by atoms with Crippen LogP contribution in [0.3, 0.4) is 0 Å². The van der Waals surface area contributed by atoms with Gasteiger partial charge in [0.05, 0.1) is 0 Å². The molecule has 2 aromatic heterocycles. The van der Waals surface area contributed by atoms with Crippen LogP contribution in [0, 0.1) is 0 Å². The van der Waals surface area contributed by atoms with Crippen LogP contribution in [0.1, 0.15) is 33.6 Å². The maximum atomic E-state index is 5.21. The van der Waals surface area contributed by atoms with E-state index in [1.807, 2.05) is 6.20 Å². The molecule has 4 heterocycles. The lowest BCUT2D eigenvalue weighted by molar-refractivity contribution is -0.538. The fraction of sp³-hybridized carbons (Fsp3) is 0.0455. The van der Waals surface area contributed by atoms with Crippen LogP contribution < -0.4 is 9.94 Å². The lowest BCUT2D eigenvalue weighted by Crippen LogP contribution is -2.84. The zero-order valence-corrected chi connectivity index (χ0v) is 26.0. The van der Waals surface area contributed by atoms with E-state index in [0.717, 1.165) is 11.4 Å². The highest BCUT2D eigenvalue weighted by molar-refractivity contribution is 6.94. The number of pyridine rings is 2. The fourth-order valence-corrected chi connectivity index (χ4v) is 9.40. The Labute approximate surface area is 276 Å². The molecule has 0 saturated carbocycles. The summed E-state index contributed by atoms with van der Waals surface area (Å²) in [5, 5.41) is -0.627. The van der Waals surface area contributed by atoms with E-state index in [0.29, 0.717) is 0 Å². The Morgan fingerprint density at radius 2 is 1.11 bits per heavy atom. The van der Waals surface area contributed by atoms with Crippen molar-refractivity contribution < 1.29 is 4.48 Å². The van der Waals surface area contributed by atoms with Crippen molar-refractivity contribution >= 4 is 22.9 Å². The van der Waals surface area contributed by atoms with Crippen LogP contribution in [0.15, 0.2) is 194 Å². The summed E-state index contributed by atoms with van der Waals surface area (Å²) in [4.78, 5) is 5.21. The highest BCUT2D eigenvalue weighted by atomic mass is 15.0. The summed E-state index contributed by atoms with van der Waals surface area (Å²) in [6.45, 7) is 0. The van der Waals surface area contributed by atoms with Crippen molar-refractivity contribution in [2.24, 2.45) is 0 Å². The third kappa shape index (κ3) is 3.74. The first-order valence-corrected chi connectivity index (χ1v) is 16.5. The fourth-order valence-electron chi connectivity index (χ4n) is 9.40. The van der Waals surface area contributed by atoms with Gasteiger partial charge in [-0.25, -0.2) is 4.98 Å². The second-order valence-corrected chi connectivity index (χ2v) is 12.8. The van der Waals surface area contributed by atoms with Gasteiger partial charge in [0.15, 0.2) is 5.69 Å². The Kier molecular flexibility index (Phi) is 6.40. The van der Waals surface area contributed by atoms with Crippen LogP contribution in [0.25, 0.3) is 22.5 Å². The van der Waals surface area contributed by atoms with Crippen LogP contribution in [-0.4, -0.2) is 11.3 Å². The number of fused-ring (bicyclic) bond motifs is 6. The molecule has 0 fully saturated rings. The molecule has 1 unspecified atom stereocenters. The van der Waals surface area contributed by atoms with Crippen molar-refractivity contribution in [1.29, 1.82) is 0 Å². The number of nitrogens with zero attached hydrogens (tertiary/aromatic N) is 2. The molecule has 7 aromatic rings. The van der Waals surface area contributed by atoms with Crippen LogP contribution in [0.2, 0.25) is 0 Å². The SMILES string of the molecule is c1ccc(C2=C(c3ccccc3)[C@]3(c4ccccc4)c4cccnc4-c4cccc[n+]4[B-]3(c3ccccc3)[C@H]2c2ccccc2)cc1. The maximum absolute atomic E-state index is 5.21. The molecule has 0 aliphatic carbocycles. The van der Waals surface area contributed by atoms with Gasteiger partial charge in [0.2, 0.25) is 0 Å². The Balaban J connectivity index is 1.63. The van der Waals surface area contributed by atoms with Crippen molar-refractivity contribution in [2.75, 3.05) is 0 Å². The number of rotatable bonds is 5. The van der Waals surface area contributed by atoms with Gasteiger partial charge in [-0.1, -0.05) is 186 Å². The van der Waals surface area contributed by atoms with Crippen LogP contribution in [0.4, 0.5) is 0 Å². The number of allylic oxidation sites excluding steroid dienone is 2. The van der Waals surface area contributed by atoms with Gasteiger partial charge in [0.1, 0.15) is 11.9 Å². The average molecular weight is 601 g/mol.